The molecule has 0 unspecified atom stereocenters. The van der Waals surface area contributed by atoms with Crippen LogP contribution in [-0.2, 0) is 11.3 Å². The van der Waals surface area contributed by atoms with Gasteiger partial charge >= 0.3 is 5.97 Å². The fourth-order valence-electron chi connectivity index (χ4n) is 3.16. The van der Waals surface area contributed by atoms with Crippen molar-refractivity contribution in [1.82, 2.24) is 14.5 Å². The highest BCUT2D eigenvalue weighted by atomic mass is 35.5. The quantitative estimate of drug-likeness (QED) is 0.549. The number of nitrogens with zero attached hydrogens (tertiary/aromatic N) is 3. The van der Waals surface area contributed by atoms with Crippen molar-refractivity contribution in [2.75, 3.05) is 0 Å². The lowest BCUT2D eigenvalue weighted by molar-refractivity contribution is -0.137. The van der Waals surface area contributed by atoms with Crippen molar-refractivity contribution >= 4 is 39.4 Å². The van der Waals surface area contributed by atoms with E-state index in [0.29, 0.717) is 38.3 Å². The Bertz CT molecular complexity index is 1260. The van der Waals surface area contributed by atoms with Gasteiger partial charge in [0.25, 0.3) is 5.56 Å². The summed E-state index contributed by atoms with van der Waals surface area (Å²) in [5.74, 6) is -0.778. The highest BCUT2D eigenvalue weighted by molar-refractivity contribution is 6.30. The highest BCUT2D eigenvalue weighted by Crippen LogP contribution is 2.30. The van der Waals surface area contributed by atoms with Gasteiger partial charge in [-0.25, -0.2) is 9.97 Å². The number of carboxylic acids is 1. The molecule has 0 spiro atoms. The molecule has 0 atom stereocenters. The van der Waals surface area contributed by atoms with E-state index >= 15 is 0 Å². The van der Waals surface area contributed by atoms with Gasteiger partial charge in [-0.1, -0.05) is 41.9 Å². The van der Waals surface area contributed by atoms with E-state index in [-0.39, 0.29) is 0 Å². The van der Waals surface area contributed by atoms with Crippen LogP contribution in [0.4, 0.5) is 0 Å². The number of halogens is 1. The molecule has 2 aromatic carbocycles. The van der Waals surface area contributed by atoms with Gasteiger partial charge in [-0.15, -0.1) is 0 Å². The van der Waals surface area contributed by atoms with Gasteiger partial charge in [0.05, 0.1) is 16.6 Å². The maximum Gasteiger partial charge on any atom is 0.323 e. The first-order chi connectivity index (χ1) is 13.0. The number of hydrogen-bond donors (Lipinski definition) is 1. The molecule has 27 heavy (non-hydrogen) atoms. The van der Waals surface area contributed by atoms with Gasteiger partial charge in [-0.05, 0) is 25.1 Å². The van der Waals surface area contributed by atoms with Crippen molar-refractivity contribution in [2.45, 2.75) is 13.5 Å². The Morgan fingerprint density at radius 3 is 2.52 bits per heavy atom. The molecule has 0 saturated heterocycles. The smallest absolute Gasteiger partial charge is 0.323 e. The number of benzene rings is 2. The zero-order valence-electron chi connectivity index (χ0n) is 14.3. The number of carboxylic acid groups (broad SMARTS) is 1. The Labute approximate surface area is 158 Å². The van der Waals surface area contributed by atoms with Crippen LogP contribution >= 0.6 is 11.6 Å². The fraction of sp³-hybridized carbons (Fsp3) is 0.100. The van der Waals surface area contributed by atoms with Crippen LogP contribution in [0.5, 0.6) is 0 Å². The SMILES string of the molecule is Cc1nc2c(-c3ccc(Cl)cc3)nc3ccccc3c2c(=O)n1CC(=O)O. The number of aliphatic carboxylic acids is 1. The van der Waals surface area contributed by atoms with Gasteiger partial charge < -0.3 is 5.11 Å². The third-order valence-corrected chi connectivity index (χ3v) is 4.65. The van der Waals surface area contributed by atoms with Crippen LogP contribution in [0.1, 0.15) is 5.82 Å². The van der Waals surface area contributed by atoms with E-state index in [0.717, 1.165) is 5.56 Å². The van der Waals surface area contributed by atoms with Gasteiger partial charge in [0, 0.05) is 16.0 Å². The van der Waals surface area contributed by atoms with Crippen LogP contribution < -0.4 is 5.56 Å². The van der Waals surface area contributed by atoms with E-state index in [1.807, 2.05) is 30.3 Å². The third kappa shape index (κ3) is 2.94. The minimum Gasteiger partial charge on any atom is -0.480 e. The summed E-state index contributed by atoms with van der Waals surface area (Å²) in [5.41, 5.74) is 2.02. The highest BCUT2D eigenvalue weighted by Gasteiger charge is 2.18. The number of hydrogen-bond acceptors (Lipinski definition) is 4. The summed E-state index contributed by atoms with van der Waals surface area (Å²) in [7, 11) is 0. The molecule has 0 radical (unpaired) electrons. The minimum absolute atomic E-state index is 0.321. The molecule has 0 fully saturated rings. The predicted octanol–water partition coefficient (Wildman–Crippen LogP) is 3.66. The number of pyridine rings is 1. The van der Waals surface area contributed by atoms with Gasteiger partial charge in [-0.2, -0.15) is 0 Å². The zero-order valence-corrected chi connectivity index (χ0v) is 15.1. The second kappa shape index (κ2) is 6.48. The molecule has 0 aliphatic carbocycles. The van der Waals surface area contributed by atoms with Crippen molar-refractivity contribution in [1.29, 1.82) is 0 Å². The molecule has 6 nitrogen and oxygen atoms in total. The van der Waals surface area contributed by atoms with Crippen molar-refractivity contribution in [3.63, 3.8) is 0 Å². The molecule has 1 N–H and O–H groups in total. The maximum absolute atomic E-state index is 13.1. The molecule has 0 aliphatic heterocycles. The second-order valence-corrected chi connectivity index (χ2v) is 6.59. The van der Waals surface area contributed by atoms with Gasteiger partial charge in [-0.3, -0.25) is 14.2 Å². The van der Waals surface area contributed by atoms with Crippen molar-refractivity contribution in [3.8, 4) is 11.3 Å². The summed E-state index contributed by atoms with van der Waals surface area (Å²) in [6.45, 7) is 1.17. The van der Waals surface area contributed by atoms with Gasteiger partial charge in [0.2, 0.25) is 0 Å². The lowest BCUT2D eigenvalue weighted by Gasteiger charge is -2.13. The first-order valence-corrected chi connectivity index (χ1v) is 8.61. The first-order valence-electron chi connectivity index (χ1n) is 8.23. The fourth-order valence-corrected chi connectivity index (χ4v) is 3.29. The van der Waals surface area contributed by atoms with Gasteiger partial charge in [0.15, 0.2) is 0 Å². The molecule has 0 bridgehead atoms. The number of aromatic nitrogens is 3. The van der Waals surface area contributed by atoms with Crippen LogP contribution in [-0.4, -0.2) is 25.6 Å². The molecule has 2 aromatic heterocycles. The number of fused-ring (bicyclic) bond motifs is 3. The Hall–Kier alpha value is -3.25. The summed E-state index contributed by atoms with van der Waals surface area (Å²) in [4.78, 5) is 33.6. The summed E-state index contributed by atoms with van der Waals surface area (Å²) >= 11 is 5.99. The van der Waals surface area contributed by atoms with E-state index < -0.39 is 18.1 Å². The summed E-state index contributed by atoms with van der Waals surface area (Å²) in [6, 6.07) is 14.4. The number of para-hydroxylation sites is 1. The van der Waals surface area contributed by atoms with Crippen molar-refractivity contribution in [3.05, 3.63) is 69.7 Å². The number of carbonyl (C=O) groups is 1. The van der Waals surface area contributed by atoms with E-state index in [2.05, 4.69) is 4.98 Å². The van der Waals surface area contributed by atoms with E-state index in [1.165, 1.54) is 4.57 Å². The number of aryl methyl sites for hydroxylation is 1. The monoisotopic (exact) mass is 379 g/mol. The second-order valence-electron chi connectivity index (χ2n) is 6.15. The predicted molar refractivity (Wildman–Crippen MR) is 104 cm³/mol. The molecule has 2 heterocycles. The zero-order chi connectivity index (χ0) is 19.1. The minimum atomic E-state index is -1.10. The van der Waals surface area contributed by atoms with E-state index in [1.54, 1.807) is 25.1 Å². The lowest BCUT2D eigenvalue weighted by atomic mass is 10.0. The lowest BCUT2D eigenvalue weighted by Crippen LogP contribution is -2.27. The summed E-state index contributed by atoms with van der Waals surface area (Å²) in [5, 5.41) is 10.7. The molecule has 0 amide bonds. The first kappa shape index (κ1) is 17.2. The molecule has 0 saturated carbocycles. The molecular formula is C20H14ClN3O3. The van der Waals surface area contributed by atoms with Crippen molar-refractivity contribution < 1.29 is 9.90 Å². The Morgan fingerprint density at radius 1 is 1.11 bits per heavy atom. The van der Waals surface area contributed by atoms with Crippen molar-refractivity contribution in [2.24, 2.45) is 0 Å². The standard InChI is InChI=1S/C20H14ClN3O3/c1-11-22-19-17(20(27)24(11)10-16(25)26)14-4-2-3-5-15(14)23-18(19)12-6-8-13(21)9-7-12/h2-9H,10H2,1H3,(H,25,26). The van der Waals surface area contributed by atoms with Gasteiger partial charge in [0.1, 0.15) is 17.9 Å². The summed E-state index contributed by atoms with van der Waals surface area (Å²) in [6.07, 6.45) is 0. The molecule has 7 heteroatoms. The Kier molecular flexibility index (Phi) is 4.12. The van der Waals surface area contributed by atoms with Crippen LogP contribution in [0.2, 0.25) is 5.02 Å². The van der Waals surface area contributed by atoms with Crippen LogP contribution in [0.25, 0.3) is 33.1 Å². The third-order valence-electron chi connectivity index (χ3n) is 4.40. The van der Waals surface area contributed by atoms with Crippen LogP contribution in [0, 0.1) is 6.92 Å². The van der Waals surface area contributed by atoms with E-state index in [9.17, 15) is 9.59 Å². The van der Waals surface area contributed by atoms with Crippen LogP contribution in [0.3, 0.4) is 0 Å². The Balaban J connectivity index is 2.17. The average molecular weight is 380 g/mol. The molecule has 4 rings (SSSR count). The largest absolute Gasteiger partial charge is 0.480 e. The molecule has 4 aromatic rings. The summed E-state index contributed by atoms with van der Waals surface area (Å²) < 4.78 is 1.17. The molecule has 0 aliphatic rings. The maximum atomic E-state index is 13.1. The Morgan fingerprint density at radius 2 is 1.81 bits per heavy atom. The normalized spacial score (nSPS) is 11.2. The molecular weight excluding hydrogens is 366 g/mol. The topological polar surface area (TPSA) is 85.1 Å². The van der Waals surface area contributed by atoms with Crippen LogP contribution in [0.15, 0.2) is 53.3 Å². The number of rotatable bonds is 3. The average Bonchev–Trinajstić information content (AvgIpc) is 2.64. The van der Waals surface area contributed by atoms with E-state index in [4.69, 9.17) is 21.7 Å². The molecule has 134 valence electrons.